The number of hydrogen-bond acceptors (Lipinski definition) is 3. The van der Waals surface area contributed by atoms with Gasteiger partial charge in [0, 0.05) is 0 Å². The molecular weight excluding hydrogens is 228 g/mol. The first-order valence-corrected chi connectivity index (χ1v) is 5.19. The Morgan fingerprint density at radius 3 is 3.12 bits per heavy atom. The molecule has 16 heavy (non-hydrogen) atoms. The van der Waals surface area contributed by atoms with Crippen molar-refractivity contribution in [2.24, 2.45) is 10.7 Å². The van der Waals surface area contributed by atoms with Crippen LogP contribution in [0.15, 0.2) is 23.2 Å². The number of H-pyrrole nitrogens is 1. The molecule has 0 bridgehead atoms. The van der Waals surface area contributed by atoms with E-state index in [1.54, 1.807) is 7.11 Å². The second kappa shape index (κ2) is 4.40. The monoisotopic (exact) mass is 238 g/mol. The zero-order chi connectivity index (χ0) is 11.5. The highest BCUT2D eigenvalue weighted by molar-refractivity contribution is 6.28. The van der Waals surface area contributed by atoms with E-state index in [4.69, 9.17) is 22.1 Å². The molecule has 0 unspecified atom stereocenters. The van der Waals surface area contributed by atoms with E-state index in [0.29, 0.717) is 11.7 Å². The number of aromatic nitrogens is 2. The lowest BCUT2D eigenvalue weighted by atomic mass is 10.2. The highest BCUT2D eigenvalue weighted by atomic mass is 35.5. The van der Waals surface area contributed by atoms with Gasteiger partial charge in [0.25, 0.3) is 0 Å². The molecule has 1 aromatic carbocycles. The maximum atomic E-state index is 5.55. The van der Waals surface area contributed by atoms with Crippen molar-refractivity contribution in [3.63, 3.8) is 0 Å². The third-order valence-electron chi connectivity index (χ3n) is 2.11. The van der Waals surface area contributed by atoms with Gasteiger partial charge in [0.2, 0.25) is 5.88 Å². The number of ether oxygens (including phenoxy) is 1. The van der Waals surface area contributed by atoms with Gasteiger partial charge in [-0.05, 0) is 18.2 Å². The zero-order valence-electron chi connectivity index (χ0n) is 8.70. The number of aliphatic imine (C=N–C) groups is 1. The Kier molecular flexibility index (Phi) is 2.96. The first-order valence-electron chi connectivity index (χ1n) is 4.65. The second-order valence-corrected chi connectivity index (χ2v) is 3.47. The predicted octanol–water partition coefficient (Wildman–Crippen LogP) is 1.80. The van der Waals surface area contributed by atoms with Gasteiger partial charge in [-0.25, -0.2) is 4.99 Å². The molecule has 0 atom stereocenters. The number of amidine groups is 1. The molecule has 1 aromatic heterocycles. The number of methoxy groups -OCH3 is 1. The molecule has 0 aliphatic rings. The average molecular weight is 239 g/mol. The van der Waals surface area contributed by atoms with Crippen molar-refractivity contribution in [1.82, 2.24) is 10.2 Å². The number of rotatable bonds is 3. The van der Waals surface area contributed by atoms with Crippen LogP contribution in [0.2, 0.25) is 0 Å². The van der Waals surface area contributed by atoms with E-state index in [1.165, 1.54) is 0 Å². The number of benzene rings is 1. The van der Waals surface area contributed by atoms with E-state index in [-0.39, 0.29) is 5.88 Å². The van der Waals surface area contributed by atoms with Gasteiger partial charge in [-0.2, -0.15) is 0 Å². The van der Waals surface area contributed by atoms with Crippen LogP contribution in [0, 0.1) is 0 Å². The first kappa shape index (κ1) is 10.8. The second-order valence-electron chi connectivity index (χ2n) is 3.20. The minimum absolute atomic E-state index is 0.213. The van der Waals surface area contributed by atoms with Gasteiger partial charge in [-0.15, -0.1) is 16.7 Å². The number of hydrogen-bond donors (Lipinski definition) is 2. The standard InChI is InChI=1S/C10H11ClN4O/c1-16-10-7-3-2-6(13-9(12)5-11)4-8(7)14-15-10/h2-4H,5H2,1H3,(H2,12,13)(H,14,15). The molecule has 2 rings (SSSR count). The first-order chi connectivity index (χ1) is 7.74. The number of alkyl halides is 1. The van der Waals surface area contributed by atoms with E-state index in [9.17, 15) is 0 Å². The van der Waals surface area contributed by atoms with Crippen LogP contribution in [0.4, 0.5) is 5.69 Å². The minimum atomic E-state index is 0.213. The van der Waals surface area contributed by atoms with Crippen molar-refractivity contribution in [2.45, 2.75) is 0 Å². The molecule has 84 valence electrons. The van der Waals surface area contributed by atoms with Crippen LogP contribution in [-0.4, -0.2) is 29.0 Å². The van der Waals surface area contributed by atoms with Gasteiger partial charge in [0.05, 0.1) is 29.6 Å². The maximum Gasteiger partial charge on any atom is 0.240 e. The highest BCUT2D eigenvalue weighted by Crippen LogP contribution is 2.26. The van der Waals surface area contributed by atoms with Crippen LogP contribution in [0.3, 0.4) is 0 Å². The Morgan fingerprint density at radius 2 is 2.44 bits per heavy atom. The summed E-state index contributed by atoms with van der Waals surface area (Å²) in [4.78, 5) is 4.14. The largest absolute Gasteiger partial charge is 0.480 e. The van der Waals surface area contributed by atoms with Crippen LogP contribution < -0.4 is 10.5 Å². The number of nitrogens with two attached hydrogens (primary N) is 1. The molecule has 0 saturated heterocycles. The van der Waals surface area contributed by atoms with Gasteiger partial charge in [-0.3, -0.25) is 5.10 Å². The highest BCUT2D eigenvalue weighted by Gasteiger charge is 2.05. The molecule has 1 heterocycles. The Labute approximate surface area is 97.3 Å². The van der Waals surface area contributed by atoms with Gasteiger partial charge >= 0.3 is 0 Å². The fourth-order valence-electron chi connectivity index (χ4n) is 1.40. The Balaban J connectivity index is 2.45. The number of halogens is 1. The molecule has 0 spiro atoms. The normalized spacial score (nSPS) is 12.0. The van der Waals surface area contributed by atoms with Crippen LogP contribution in [0.5, 0.6) is 5.88 Å². The molecule has 2 aromatic rings. The number of fused-ring (bicyclic) bond motifs is 1. The topological polar surface area (TPSA) is 76.3 Å². The van der Waals surface area contributed by atoms with E-state index < -0.39 is 0 Å². The number of aromatic amines is 1. The molecule has 0 aliphatic heterocycles. The predicted molar refractivity (Wildman–Crippen MR) is 64.6 cm³/mol. The molecule has 3 N–H and O–H groups in total. The summed E-state index contributed by atoms with van der Waals surface area (Å²) in [6.07, 6.45) is 0. The number of nitrogens with zero attached hydrogens (tertiary/aromatic N) is 2. The van der Waals surface area contributed by atoms with Crippen molar-refractivity contribution in [3.8, 4) is 5.88 Å². The Bertz CT molecular complexity index is 535. The van der Waals surface area contributed by atoms with Crippen LogP contribution in [0.25, 0.3) is 10.9 Å². The van der Waals surface area contributed by atoms with Gasteiger partial charge in [-0.1, -0.05) is 0 Å². The number of nitrogens with one attached hydrogen (secondary N) is 1. The van der Waals surface area contributed by atoms with Crippen molar-refractivity contribution < 1.29 is 4.74 Å². The zero-order valence-corrected chi connectivity index (χ0v) is 9.45. The fraction of sp³-hybridized carbons (Fsp3) is 0.200. The summed E-state index contributed by atoms with van der Waals surface area (Å²) in [5.41, 5.74) is 7.13. The summed E-state index contributed by atoms with van der Waals surface area (Å²) in [7, 11) is 1.58. The molecule has 0 radical (unpaired) electrons. The van der Waals surface area contributed by atoms with Crippen LogP contribution in [-0.2, 0) is 0 Å². The molecule has 0 aliphatic carbocycles. The third kappa shape index (κ3) is 1.94. The van der Waals surface area contributed by atoms with Crippen LogP contribution >= 0.6 is 11.6 Å². The summed E-state index contributed by atoms with van der Waals surface area (Å²) >= 11 is 5.55. The van der Waals surface area contributed by atoms with E-state index >= 15 is 0 Å². The molecule has 0 saturated carbocycles. The van der Waals surface area contributed by atoms with Gasteiger partial charge in [0.15, 0.2) is 0 Å². The molecule has 6 heteroatoms. The molecular formula is C10H11ClN4O. The SMILES string of the molecule is COc1n[nH]c2cc(N=C(N)CCl)ccc12. The lowest BCUT2D eigenvalue weighted by Gasteiger charge is -1.97. The summed E-state index contributed by atoms with van der Waals surface area (Å²) in [5, 5.41) is 7.76. The summed E-state index contributed by atoms with van der Waals surface area (Å²) in [6.45, 7) is 0. The van der Waals surface area contributed by atoms with Crippen molar-refractivity contribution >= 4 is 34.0 Å². The van der Waals surface area contributed by atoms with Crippen LogP contribution in [0.1, 0.15) is 0 Å². The quantitative estimate of drug-likeness (QED) is 0.486. The fourth-order valence-corrected chi connectivity index (χ4v) is 1.46. The van der Waals surface area contributed by atoms with Gasteiger partial charge < -0.3 is 10.5 Å². The van der Waals surface area contributed by atoms with Crippen molar-refractivity contribution in [1.29, 1.82) is 0 Å². The minimum Gasteiger partial charge on any atom is -0.480 e. The maximum absolute atomic E-state index is 5.55. The van der Waals surface area contributed by atoms with Crippen molar-refractivity contribution in [3.05, 3.63) is 18.2 Å². The Morgan fingerprint density at radius 1 is 1.62 bits per heavy atom. The molecule has 0 amide bonds. The smallest absolute Gasteiger partial charge is 0.240 e. The van der Waals surface area contributed by atoms with E-state index in [2.05, 4.69) is 15.2 Å². The summed E-state index contributed by atoms with van der Waals surface area (Å²) in [5.74, 6) is 1.16. The summed E-state index contributed by atoms with van der Waals surface area (Å²) in [6, 6.07) is 5.54. The lowest BCUT2D eigenvalue weighted by molar-refractivity contribution is 0.401. The Hall–Kier alpha value is -1.75. The molecule has 5 nitrogen and oxygen atoms in total. The lowest BCUT2D eigenvalue weighted by Crippen LogP contribution is -2.12. The third-order valence-corrected chi connectivity index (χ3v) is 2.39. The van der Waals surface area contributed by atoms with E-state index in [1.807, 2.05) is 18.2 Å². The van der Waals surface area contributed by atoms with E-state index in [0.717, 1.165) is 16.6 Å². The van der Waals surface area contributed by atoms with Gasteiger partial charge in [0.1, 0.15) is 5.84 Å². The van der Waals surface area contributed by atoms with Crippen molar-refractivity contribution in [2.75, 3.05) is 13.0 Å². The summed E-state index contributed by atoms with van der Waals surface area (Å²) < 4.78 is 5.09. The molecule has 0 fully saturated rings. The average Bonchev–Trinajstić information content (AvgIpc) is 2.71.